The number of ether oxygens (including phenoxy) is 1. The number of nitrogens with zero attached hydrogens (tertiary/aromatic N) is 3. The number of rotatable bonds is 6. The van der Waals surface area contributed by atoms with Crippen molar-refractivity contribution in [3.8, 4) is 5.75 Å². The van der Waals surface area contributed by atoms with Gasteiger partial charge in [0.25, 0.3) is 10.0 Å². The van der Waals surface area contributed by atoms with Crippen molar-refractivity contribution in [2.24, 2.45) is 0 Å². The zero-order valence-corrected chi connectivity index (χ0v) is 14.6. The number of unbranched alkanes of at least 4 members (excludes halogenated alkanes) is 1. The third-order valence-electron chi connectivity index (χ3n) is 3.49. The van der Waals surface area contributed by atoms with Crippen molar-refractivity contribution >= 4 is 32.7 Å². The van der Waals surface area contributed by atoms with Gasteiger partial charge in [-0.05, 0) is 48.9 Å². The number of fused-ring (bicyclic) bond motifs is 1. The summed E-state index contributed by atoms with van der Waals surface area (Å²) in [5.74, 6) is 0.637. The summed E-state index contributed by atoms with van der Waals surface area (Å²) >= 11 is 5.89. The third-order valence-corrected chi connectivity index (χ3v) is 5.32. The molecule has 0 aliphatic carbocycles. The van der Waals surface area contributed by atoms with Gasteiger partial charge in [0.05, 0.1) is 11.5 Å². The molecule has 0 radical (unpaired) electrons. The quantitative estimate of drug-likeness (QED) is 0.625. The molecule has 0 unspecified atom stereocenters. The second-order valence-electron chi connectivity index (χ2n) is 5.24. The Morgan fingerprint density at radius 1 is 1.17 bits per heavy atom. The molecule has 1 heterocycles. The first-order chi connectivity index (χ1) is 11.5. The van der Waals surface area contributed by atoms with E-state index in [-0.39, 0.29) is 4.90 Å². The molecule has 6 nitrogen and oxygen atoms in total. The van der Waals surface area contributed by atoms with Gasteiger partial charge in [0.2, 0.25) is 0 Å². The fraction of sp³-hybridized carbons (Fsp3) is 0.250. The number of hydrogen-bond donors (Lipinski definition) is 0. The van der Waals surface area contributed by atoms with Gasteiger partial charge in [-0.2, -0.15) is 8.42 Å². The lowest BCUT2D eigenvalue weighted by atomic mass is 10.3. The molecule has 0 spiro atoms. The average Bonchev–Trinajstić information content (AvgIpc) is 2.99. The van der Waals surface area contributed by atoms with E-state index in [1.54, 1.807) is 30.3 Å². The molecule has 0 fully saturated rings. The Morgan fingerprint density at radius 2 is 1.92 bits per heavy atom. The number of benzene rings is 2. The van der Waals surface area contributed by atoms with Gasteiger partial charge in [-0.3, -0.25) is 0 Å². The van der Waals surface area contributed by atoms with Crippen molar-refractivity contribution in [1.82, 2.24) is 14.4 Å². The largest absolute Gasteiger partial charge is 0.494 e. The predicted octanol–water partition coefficient (Wildman–Crippen LogP) is 3.50. The van der Waals surface area contributed by atoms with E-state index >= 15 is 0 Å². The van der Waals surface area contributed by atoms with Crippen LogP contribution in [0.15, 0.2) is 47.4 Å². The van der Waals surface area contributed by atoms with Gasteiger partial charge in [-0.1, -0.05) is 30.2 Å². The van der Waals surface area contributed by atoms with Gasteiger partial charge in [0.1, 0.15) is 16.8 Å². The van der Waals surface area contributed by atoms with Crippen molar-refractivity contribution in [2.75, 3.05) is 6.61 Å². The standard InChI is InChI=1S/C16H16ClN3O3S/c1-2-3-10-23-13-5-7-14(8-6-13)24(21,22)20-16-9-4-12(17)11-15(16)18-19-20/h4-9,11H,2-3,10H2,1H3. The first kappa shape index (κ1) is 16.7. The molecule has 0 saturated heterocycles. The monoisotopic (exact) mass is 365 g/mol. The van der Waals surface area contributed by atoms with E-state index in [1.165, 1.54) is 12.1 Å². The Hall–Kier alpha value is -2.12. The van der Waals surface area contributed by atoms with Crippen LogP contribution in [0.1, 0.15) is 19.8 Å². The van der Waals surface area contributed by atoms with Crippen molar-refractivity contribution in [3.63, 3.8) is 0 Å². The maximum Gasteiger partial charge on any atom is 0.284 e. The number of aromatic nitrogens is 3. The van der Waals surface area contributed by atoms with Crippen LogP contribution in [-0.4, -0.2) is 29.4 Å². The van der Waals surface area contributed by atoms with Crippen LogP contribution >= 0.6 is 11.6 Å². The maximum absolute atomic E-state index is 12.8. The molecular formula is C16H16ClN3O3S. The first-order valence-corrected chi connectivity index (χ1v) is 9.33. The van der Waals surface area contributed by atoms with Crippen LogP contribution in [0.25, 0.3) is 11.0 Å². The lowest BCUT2D eigenvalue weighted by molar-refractivity contribution is 0.309. The second-order valence-corrected chi connectivity index (χ2v) is 7.45. The van der Waals surface area contributed by atoms with E-state index in [1.807, 2.05) is 0 Å². The van der Waals surface area contributed by atoms with E-state index in [4.69, 9.17) is 16.3 Å². The van der Waals surface area contributed by atoms with Crippen molar-refractivity contribution in [3.05, 3.63) is 47.5 Å². The molecule has 0 amide bonds. The Kier molecular flexibility index (Phi) is 4.73. The molecule has 0 bridgehead atoms. The summed E-state index contributed by atoms with van der Waals surface area (Å²) in [5, 5.41) is 8.09. The van der Waals surface area contributed by atoms with Gasteiger partial charge >= 0.3 is 0 Å². The van der Waals surface area contributed by atoms with E-state index in [0.29, 0.717) is 28.4 Å². The summed E-state index contributed by atoms with van der Waals surface area (Å²) in [7, 11) is -3.83. The molecule has 3 rings (SSSR count). The highest BCUT2D eigenvalue weighted by molar-refractivity contribution is 7.90. The van der Waals surface area contributed by atoms with Crippen LogP contribution in [0.2, 0.25) is 5.02 Å². The second kappa shape index (κ2) is 6.78. The Labute approximate surface area is 145 Å². The lowest BCUT2D eigenvalue weighted by Gasteiger charge is -2.08. The third kappa shape index (κ3) is 3.22. The minimum atomic E-state index is -3.83. The molecular weight excluding hydrogens is 350 g/mol. The average molecular weight is 366 g/mol. The minimum absolute atomic E-state index is 0.118. The van der Waals surface area contributed by atoms with E-state index in [2.05, 4.69) is 17.2 Å². The Bertz CT molecular complexity index is 952. The number of halogens is 1. The fourth-order valence-electron chi connectivity index (χ4n) is 2.20. The molecule has 0 aliphatic heterocycles. The molecule has 0 aliphatic rings. The van der Waals surface area contributed by atoms with Crippen LogP contribution in [0.4, 0.5) is 0 Å². The Morgan fingerprint density at radius 3 is 2.62 bits per heavy atom. The summed E-state index contributed by atoms with van der Waals surface area (Å²) in [5.41, 5.74) is 0.799. The van der Waals surface area contributed by atoms with Gasteiger partial charge in [-0.25, -0.2) is 0 Å². The van der Waals surface area contributed by atoms with E-state index in [9.17, 15) is 8.42 Å². The fourth-order valence-corrected chi connectivity index (χ4v) is 3.59. The minimum Gasteiger partial charge on any atom is -0.494 e. The Balaban J connectivity index is 1.92. The van der Waals surface area contributed by atoms with Gasteiger partial charge in [-0.15, -0.1) is 9.19 Å². The van der Waals surface area contributed by atoms with Crippen molar-refractivity contribution in [2.45, 2.75) is 24.7 Å². The zero-order valence-electron chi connectivity index (χ0n) is 13.0. The molecule has 2 aromatic carbocycles. The highest BCUT2D eigenvalue weighted by Gasteiger charge is 2.21. The molecule has 24 heavy (non-hydrogen) atoms. The predicted molar refractivity (Wildman–Crippen MR) is 92.0 cm³/mol. The topological polar surface area (TPSA) is 74.1 Å². The molecule has 8 heteroatoms. The van der Waals surface area contributed by atoms with Crippen molar-refractivity contribution in [1.29, 1.82) is 0 Å². The van der Waals surface area contributed by atoms with Crippen LogP contribution in [0.5, 0.6) is 5.75 Å². The molecule has 0 N–H and O–H groups in total. The van der Waals surface area contributed by atoms with Crippen LogP contribution in [0, 0.1) is 0 Å². The molecule has 0 atom stereocenters. The molecule has 126 valence electrons. The molecule has 0 saturated carbocycles. The van der Waals surface area contributed by atoms with Gasteiger partial charge in [0, 0.05) is 5.02 Å². The van der Waals surface area contributed by atoms with Crippen LogP contribution < -0.4 is 4.74 Å². The van der Waals surface area contributed by atoms with E-state index in [0.717, 1.165) is 16.9 Å². The molecule has 3 aromatic rings. The van der Waals surface area contributed by atoms with Crippen LogP contribution in [0.3, 0.4) is 0 Å². The number of hydrogen-bond acceptors (Lipinski definition) is 5. The smallest absolute Gasteiger partial charge is 0.284 e. The van der Waals surface area contributed by atoms with Crippen molar-refractivity contribution < 1.29 is 13.2 Å². The van der Waals surface area contributed by atoms with Gasteiger partial charge in [0.15, 0.2) is 0 Å². The summed E-state index contributed by atoms with van der Waals surface area (Å²) in [6, 6.07) is 11.0. The summed E-state index contributed by atoms with van der Waals surface area (Å²) in [6.45, 7) is 2.69. The molecule has 1 aromatic heterocycles. The SMILES string of the molecule is CCCCOc1ccc(S(=O)(=O)n2nnc3cc(Cl)ccc32)cc1. The highest BCUT2D eigenvalue weighted by Crippen LogP contribution is 2.23. The van der Waals surface area contributed by atoms with Gasteiger partial charge < -0.3 is 4.74 Å². The highest BCUT2D eigenvalue weighted by atomic mass is 35.5. The zero-order chi connectivity index (χ0) is 17.2. The summed E-state index contributed by atoms with van der Waals surface area (Å²) in [6.07, 6.45) is 1.99. The first-order valence-electron chi connectivity index (χ1n) is 7.52. The maximum atomic E-state index is 12.8. The van der Waals surface area contributed by atoms with Crippen LogP contribution in [-0.2, 0) is 10.0 Å². The van der Waals surface area contributed by atoms with E-state index < -0.39 is 10.0 Å². The normalized spacial score (nSPS) is 11.8. The summed E-state index contributed by atoms with van der Waals surface area (Å²) in [4.78, 5) is 0.118. The lowest BCUT2D eigenvalue weighted by Crippen LogP contribution is -2.14. The summed E-state index contributed by atoms with van der Waals surface area (Å²) < 4.78 is 32.0.